The lowest BCUT2D eigenvalue weighted by atomic mass is 10.1. The summed E-state index contributed by atoms with van der Waals surface area (Å²) in [6.07, 6.45) is 0.557. The van der Waals surface area contributed by atoms with Gasteiger partial charge >= 0.3 is 0 Å². The molecule has 0 aliphatic rings. The summed E-state index contributed by atoms with van der Waals surface area (Å²) in [5.74, 6) is 0.467. The first kappa shape index (κ1) is 14.5. The molecule has 4 heteroatoms. The third kappa shape index (κ3) is 3.24. The highest BCUT2D eigenvalue weighted by Crippen LogP contribution is 2.22. The summed E-state index contributed by atoms with van der Waals surface area (Å²) in [7, 11) is 0. The van der Waals surface area contributed by atoms with E-state index < -0.39 is 12.2 Å². The van der Waals surface area contributed by atoms with Crippen molar-refractivity contribution < 1.29 is 10.2 Å². The highest BCUT2D eigenvalue weighted by molar-refractivity contribution is 5.25. The van der Waals surface area contributed by atoms with Gasteiger partial charge in [0.1, 0.15) is 18.0 Å². The van der Waals surface area contributed by atoms with E-state index in [1.54, 1.807) is 6.20 Å². The zero-order valence-corrected chi connectivity index (χ0v) is 12.1. The largest absolute Gasteiger partial charge is 0.385 e. The number of aliphatic hydroxyl groups excluding tert-OH is 2. The Kier molecular flexibility index (Phi) is 4.32. The summed E-state index contributed by atoms with van der Waals surface area (Å²) in [6.45, 7) is 0. The number of imidazole rings is 1. The summed E-state index contributed by atoms with van der Waals surface area (Å²) in [5, 5.41) is 20.6. The highest BCUT2D eigenvalue weighted by Gasteiger charge is 2.17. The molecule has 0 aliphatic heterocycles. The molecule has 112 valence electrons. The quantitative estimate of drug-likeness (QED) is 0.677. The van der Waals surface area contributed by atoms with Crippen LogP contribution in [-0.2, 0) is 6.42 Å². The summed E-state index contributed by atoms with van der Waals surface area (Å²) >= 11 is 0. The minimum Gasteiger partial charge on any atom is -0.385 e. The number of aromatic amines is 1. The molecule has 0 saturated heterocycles. The number of benzene rings is 2. The Labute approximate surface area is 129 Å². The topological polar surface area (TPSA) is 69.1 Å². The van der Waals surface area contributed by atoms with Crippen molar-refractivity contribution in [3.05, 3.63) is 89.5 Å². The molecular formula is C18H18N2O2. The molecule has 1 aromatic heterocycles. The number of hydrogen-bond donors (Lipinski definition) is 3. The van der Waals surface area contributed by atoms with Crippen LogP contribution in [0.3, 0.4) is 0 Å². The Morgan fingerprint density at radius 3 is 2.23 bits per heavy atom. The molecule has 3 rings (SSSR count). The molecule has 3 N–H and O–H groups in total. The van der Waals surface area contributed by atoms with Gasteiger partial charge in [-0.1, -0.05) is 60.7 Å². The summed E-state index contributed by atoms with van der Waals surface area (Å²) in [6, 6.07) is 19.1. The van der Waals surface area contributed by atoms with Crippen LogP contribution in [0.5, 0.6) is 0 Å². The van der Waals surface area contributed by atoms with Crippen LogP contribution in [0.25, 0.3) is 0 Å². The molecule has 2 atom stereocenters. The third-order valence-corrected chi connectivity index (χ3v) is 3.61. The molecule has 1 heterocycles. The number of aromatic nitrogens is 2. The van der Waals surface area contributed by atoms with Crippen molar-refractivity contribution in [3.63, 3.8) is 0 Å². The number of H-pyrrole nitrogens is 1. The van der Waals surface area contributed by atoms with Crippen LogP contribution >= 0.6 is 0 Å². The van der Waals surface area contributed by atoms with Crippen molar-refractivity contribution >= 4 is 0 Å². The first-order chi connectivity index (χ1) is 10.7. The molecule has 0 saturated carbocycles. The average molecular weight is 294 g/mol. The van der Waals surface area contributed by atoms with Crippen LogP contribution in [0.2, 0.25) is 0 Å². The fourth-order valence-corrected chi connectivity index (χ4v) is 2.41. The van der Waals surface area contributed by atoms with Gasteiger partial charge in [0.15, 0.2) is 0 Å². The second-order valence-electron chi connectivity index (χ2n) is 5.24. The number of nitrogens with zero attached hydrogens (tertiary/aromatic N) is 1. The first-order valence-electron chi connectivity index (χ1n) is 7.24. The molecule has 0 bridgehead atoms. The van der Waals surface area contributed by atoms with E-state index in [1.807, 2.05) is 60.7 Å². The molecule has 0 amide bonds. The SMILES string of the molecule is O[C@H](c1ccccc1)c1cnc([C@@H](O)Cc2ccccc2)[nH]1. The normalized spacial score (nSPS) is 13.7. The van der Waals surface area contributed by atoms with Crippen molar-refractivity contribution in [1.29, 1.82) is 0 Å². The van der Waals surface area contributed by atoms with Crippen LogP contribution in [0, 0.1) is 0 Å². The van der Waals surface area contributed by atoms with E-state index in [4.69, 9.17) is 0 Å². The van der Waals surface area contributed by atoms with Gasteiger partial charge < -0.3 is 15.2 Å². The van der Waals surface area contributed by atoms with Gasteiger partial charge in [0.05, 0.1) is 11.9 Å². The van der Waals surface area contributed by atoms with Crippen LogP contribution in [0.15, 0.2) is 66.9 Å². The summed E-state index contributed by atoms with van der Waals surface area (Å²) in [4.78, 5) is 7.21. The molecule has 0 aliphatic carbocycles. The Hall–Kier alpha value is -2.43. The maximum Gasteiger partial charge on any atom is 0.135 e. The number of rotatable bonds is 5. The molecule has 4 nitrogen and oxygen atoms in total. The molecule has 0 fully saturated rings. The van der Waals surface area contributed by atoms with Crippen molar-refractivity contribution in [2.45, 2.75) is 18.6 Å². The number of hydrogen-bond acceptors (Lipinski definition) is 3. The monoisotopic (exact) mass is 294 g/mol. The molecule has 22 heavy (non-hydrogen) atoms. The summed E-state index contributed by atoms with van der Waals surface area (Å²) in [5.41, 5.74) is 2.40. The summed E-state index contributed by atoms with van der Waals surface area (Å²) < 4.78 is 0. The van der Waals surface area contributed by atoms with Gasteiger partial charge in [-0.2, -0.15) is 0 Å². The van der Waals surface area contributed by atoms with E-state index in [0.29, 0.717) is 17.9 Å². The fourth-order valence-electron chi connectivity index (χ4n) is 2.41. The Bertz CT molecular complexity index is 710. The van der Waals surface area contributed by atoms with Gasteiger partial charge in [-0.15, -0.1) is 0 Å². The van der Waals surface area contributed by atoms with E-state index in [0.717, 1.165) is 11.1 Å². The zero-order valence-electron chi connectivity index (χ0n) is 12.1. The lowest BCUT2D eigenvalue weighted by Gasteiger charge is -2.10. The van der Waals surface area contributed by atoms with Crippen LogP contribution in [-0.4, -0.2) is 20.2 Å². The first-order valence-corrected chi connectivity index (χ1v) is 7.24. The van der Waals surface area contributed by atoms with Gasteiger partial charge in [0.25, 0.3) is 0 Å². The second kappa shape index (κ2) is 6.56. The minimum atomic E-state index is -0.772. The predicted octanol–water partition coefficient (Wildman–Crippen LogP) is 2.77. The molecular weight excluding hydrogens is 276 g/mol. The molecule has 3 aromatic rings. The Morgan fingerprint density at radius 1 is 0.909 bits per heavy atom. The zero-order chi connectivity index (χ0) is 15.4. The number of nitrogens with one attached hydrogen (secondary N) is 1. The van der Waals surface area contributed by atoms with Crippen molar-refractivity contribution in [3.8, 4) is 0 Å². The van der Waals surface area contributed by atoms with E-state index in [-0.39, 0.29) is 0 Å². The van der Waals surface area contributed by atoms with Crippen molar-refractivity contribution in [2.75, 3.05) is 0 Å². The molecule has 0 spiro atoms. The molecule has 2 aromatic carbocycles. The minimum absolute atomic E-state index is 0.467. The Balaban J connectivity index is 1.73. The van der Waals surface area contributed by atoms with Gasteiger partial charge in [0, 0.05) is 6.42 Å². The van der Waals surface area contributed by atoms with Gasteiger partial charge in [-0.05, 0) is 11.1 Å². The highest BCUT2D eigenvalue weighted by atomic mass is 16.3. The third-order valence-electron chi connectivity index (χ3n) is 3.61. The fraction of sp³-hybridized carbons (Fsp3) is 0.167. The van der Waals surface area contributed by atoms with Gasteiger partial charge in [-0.3, -0.25) is 0 Å². The lowest BCUT2D eigenvalue weighted by Crippen LogP contribution is -2.05. The standard InChI is InChI=1S/C18H18N2O2/c21-16(11-13-7-3-1-4-8-13)18-19-12-15(20-18)17(22)14-9-5-2-6-10-14/h1-10,12,16-17,21-22H,11H2,(H,19,20)/t16-,17+/m0/s1. The van der Waals surface area contributed by atoms with E-state index >= 15 is 0 Å². The maximum absolute atomic E-state index is 10.3. The molecule has 0 radical (unpaired) electrons. The van der Waals surface area contributed by atoms with Crippen LogP contribution in [0.4, 0.5) is 0 Å². The number of aliphatic hydroxyl groups is 2. The average Bonchev–Trinajstić information content (AvgIpc) is 3.06. The van der Waals surface area contributed by atoms with Gasteiger partial charge in [-0.25, -0.2) is 4.98 Å². The maximum atomic E-state index is 10.3. The molecule has 0 unspecified atom stereocenters. The van der Waals surface area contributed by atoms with Crippen molar-refractivity contribution in [1.82, 2.24) is 9.97 Å². The smallest absolute Gasteiger partial charge is 0.135 e. The van der Waals surface area contributed by atoms with E-state index in [1.165, 1.54) is 0 Å². The van der Waals surface area contributed by atoms with Crippen molar-refractivity contribution in [2.24, 2.45) is 0 Å². The second-order valence-corrected chi connectivity index (χ2v) is 5.24. The predicted molar refractivity (Wildman–Crippen MR) is 84.2 cm³/mol. The lowest BCUT2D eigenvalue weighted by molar-refractivity contribution is 0.168. The van der Waals surface area contributed by atoms with E-state index in [9.17, 15) is 10.2 Å². The van der Waals surface area contributed by atoms with Gasteiger partial charge in [0.2, 0.25) is 0 Å². The van der Waals surface area contributed by atoms with E-state index in [2.05, 4.69) is 9.97 Å². The Morgan fingerprint density at radius 2 is 1.55 bits per heavy atom. The van der Waals surface area contributed by atoms with Crippen LogP contribution in [0.1, 0.15) is 34.9 Å². The van der Waals surface area contributed by atoms with Crippen LogP contribution < -0.4 is 0 Å².